The molecule has 0 bridgehead atoms. The molecule has 3 atom stereocenters. The van der Waals surface area contributed by atoms with Crippen LogP contribution in [0.15, 0.2) is 54.7 Å². The minimum Gasteiger partial charge on any atom is -0.494 e. The smallest absolute Gasteiger partial charge is 0.317 e. The quantitative estimate of drug-likeness (QED) is 0.0372. The summed E-state index contributed by atoms with van der Waals surface area (Å²) in [7, 11) is 0. The highest BCUT2D eigenvalue weighted by Gasteiger charge is 2.47. The zero-order chi connectivity index (χ0) is 66.6. The number of rotatable bonds is 33. The number of carbonyl (C=O) groups excluding carboxylic acids is 6. The van der Waals surface area contributed by atoms with Crippen LogP contribution in [0.4, 0.5) is 8.78 Å². The highest BCUT2D eigenvalue weighted by Crippen LogP contribution is 2.32. The Bertz CT molecular complexity index is 2990. The number of aliphatic hydroxyl groups is 1. The number of carbonyl (C=O) groups is 9. The van der Waals surface area contributed by atoms with Crippen LogP contribution in [0.25, 0.3) is 10.9 Å². The summed E-state index contributed by atoms with van der Waals surface area (Å²) < 4.78 is 33.8. The molecule has 6 amide bonds. The fraction of sp³-hybridized carbons (Fsp3) is 0.590. The van der Waals surface area contributed by atoms with E-state index in [9.17, 15) is 77.6 Å². The lowest BCUT2D eigenvalue weighted by Gasteiger charge is -2.35. The number of aliphatic hydroxyl groups excluding tert-OH is 1. The summed E-state index contributed by atoms with van der Waals surface area (Å²) in [5.41, 5.74) is 2.97. The molecule has 4 heterocycles. The van der Waals surface area contributed by atoms with Crippen LogP contribution in [0.2, 0.25) is 0 Å². The van der Waals surface area contributed by atoms with Crippen molar-refractivity contribution in [2.75, 3.05) is 167 Å². The molecular weight excluding hydrogens is 1240 g/mol. The number of aliphatic carboxylic acids is 3. The van der Waals surface area contributed by atoms with Gasteiger partial charge in [0.1, 0.15) is 23.9 Å². The van der Waals surface area contributed by atoms with Crippen molar-refractivity contribution in [1.29, 1.82) is 5.26 Å². The maximum absolute atomic E-state index is 13.9. The van der Waals surface area contributed by atoms with Crippen molar-refractivity contribution in [3.63, 3.8) is 0 Å². The molecule has 92 heavy (non-hydrogen) atoms. The third-order valence-corrected chi connectivity index (χ3v) is 17.7. The number of halogens is 2. The number of carboxylic acid groups (broad SMARTS) is 3. The van der Waals surface area contributed by atoms with Crippen LogP contribution < -0.4 is 26.0 Å². The molecule has 504 valence electrons. The SMILES string of the molecule is Cc1ccc(CCCC(=O)NCCSCC(NC(=O)CN2CCN(CC(=O)O)CCN(CC(=O)O)CCN(CC(=O)O)CC2)C(=O)NCCSC[C@@H](O)C(=O)N2CCN(CCCOc3ccc4nccc(C(=O)NCC(=O)N5CC(F)(F)C[C@@H]5C#N)c4c3)CC2)cc1. The van der Waals surface area contributed by atoms with Gasteiger partial charge < -0.3 is 56.2 Å². The number of alkyl halides is 2. The molecule has 0 radical (unpaired) electrons. The topological polar surface area (TPSA) is 351 Å². The average Bonchev–Trinajstić information content (AvgIpc) is 1.28. The van der Waals surface area contributed by atoms with Crippen LogP contribution in [0.3, 0.4) is 0 Å². The van der Waals surface area contributed by atoms with E-state index >= 15 is 0 Å². The molecule has 1 unspecified atom stereocenters. The molecule has 3 saturated heterocycles. The second-order valence-corrected chi connectivity index (χ2v) is 25.2. The minimum atomic E-state index is -3.19. The van der Waals surface area contributed by atoms with Crippen LogP contribution in [-0.2, 0) is 44.8 Å². The number of nitrogens with one attached hydrogen (secondary N) is 4. The molecule has 27 nitrogen and oxygen atoms in total. The monoisotopic (exact) mass is 1330 g/mol. The largest absolute Gasteiger partial charge is 0.494 e. The number of hydrogen-bond donors (Lipinski definition) is 8. The van der Waals surface area contributed by atoms with Gasteiger partial charge in [-0.2, -0.15) is 28.8 Å². The second-order valence-electron chi connectivity index (χ2n) is 22.9. The number of thioether (sulfide) groups is 2. The molecule has 31 heteroatoms. The fourth-order valence-corrected chi connectivity index (χ4v) is 12.3. The first-order chi connectivity index (χ1) is 44.0. The van der Waals surface area contributed by atoms with Crippen molar-refractivity contribution in [3.8, 4) is 11.8 Å². The summed E-state index contributed by atoms with van der Waals surface area (Å²) in [5.74, 6) is -7.98. The van der Waals surface area contributed by atoms with E-state index in [0.717, 1.165) is 22.4 Å². The second kappa shape index (κ2) is 38.0. The van der Waals surface area contributed by atoms with Gasteiger partial charge in [-0.1, -0.05) is 29.8 Å². The number of hydrogen-bond acceptors (Lipinski definition) is 20. The Kier molecular flexibility index (Phi) is 30.5. The van der Waals surface area contributed by atoms with E-state index in [1.54, 1.807) is 48.8 Å². The zero-order valence-electron chi connectivity index (χ0n) is 51.8. The summed E-state index contributed by atoms with van der Waals surface area (Å²) in [6.45, 7) is 4.23. The molecule has 0 saturated carbocycles. The lowest BCUT2D eigenvalue weighted by atomic mass is 10.1. The van der Waals surface area contributed by atoms with Crippen LogP contribution >= 0.6 is 23.5 Å². The summed E-state index contributed by atoms with van der Waals surface area (Å²) in [6.07, 6.45) is 1.76. The number of nitrogens with zero attached hydrogens (tertiary/aromatic N) is 9. The first-order valence-electron chi connectivity index (χ1n) is 30.7. The van der Waals surface area contributed by atoms with Gasteiger partial charge >= 0.3 is 17.9 Å². The molecule has 1 aromatic heterocycles. The molecule has 0 spiro atoms. The van der Waals surface area contributed by atoms with Gasteiger partial charge in [-0.3, -0.25) is 72.6 Å². The van der Waals surface area contributed by atoms with Gasteiger partial charge in [0.15, 0.2) is 0 Å². The Morgan fingerprint density at radius 2 is 1.29 bits per heavy atom. The number of carboxylic acids is 3. The Labute approximate surface area is 541 Å². The number of likely N-dealkylation sites (tertiary alicyclic amines) is 1. The third-order valence-electron chi connectivity index (χ3n) is 15.6. The molecule has 2 aromatic carbocycles. The molecule has 6 rings (SSSR count). The number of fused-ring (bicyclic) bond motifs is 1. The van der Waals surface area contributed by atoms with Crippen molar-refractivity contribution in [2.45, 2.75) is 63.1 Å². The first kappa shape index (κ1) is 73.7. The van der Waals surface area contributed by atoms with Crippen LogP contribution in [-0.4, -0.2) is 304 Å². The summed E-state index contributed by atoms with van der Waals surface area (Å²) in [4.78, 5) is 130. The van der Waals surface area contributed by atoms with E-state index < -0.39 is 91.1 Å². The predicted molar refractivity (Wildman–Crippen MR) is 339 cm³/mol. The summed E-state index contributed by atoms with van der Waals surface area (Å²) in [6, 6.07) is 14.1. The van der Waals surface area contributed by atoms with Crippen molar-refractivity contribution < 1.29 is 77.1 Å². The maximum atomic E-state index is 13.9. The van der Waals surface area contributed by atoms with Crippen molar-refractivity contribution in [2.24, 2.45) is 0 Å². The zero-order valence-corrected chi connectivity index (χ0v) is 53.5. The number of aryl methyl sites for hydroxylation is 2. The van der Waals surface area contributed by atoms with E-state index in [1.165, 1.54) is 35.8 Å². The first-order valence-corrected chi connectivity index (χ1v) is 33.0. The molecule has 3 fully saturated rings. The lowest BCUT2D eigenvalue weighted by Crippen LogP contribution is -2.53. The van der Waals surface area contributed by atoms with Gasteiger partial charge in [0, 0.05) is 146 Å². The number of ether oxygens (including phenoxy) is 1. The number of pyridine rings is 1. The Morgan fingerprint density at radius 3 is 1.89 bits per heavy atom. The molecule has 3 aromatic rings. The van der Waals surface area contributed by atoms with Gasteiger partial charge in [0.2, 0.25) is 23.6 Å². The number of piperazine rings is 1. The fourth-order valence-electron chi connectivity index (χ4n) is 10.6. The lowest BCUT2D eigenvalue weighted by molar-refractivity contribution is -0.141. The average molecular weight is 1330 g/mol. The number of aromatic nitrogens is 1. The van der Waals surface area contributed by atoms with Gasteiger partial charge in [0.05, 0.1) is 63.0 Å². The molecule has 0 aliphatic carbocycles. The van der Waals surface area contributed by atoms with Crippen LogP contribution in [0.1, 0.15) is 47.2 Å². The Hall–Kier alpha value is -7.31. The number of nitriles is 1. The molecule has 3 aliphatic heterocycles. The van der Waals surface area contributed by atoms with Crippen LogP contribution in [0.5, 0.6) is 5.75 Å². The third kappa shape index (κ3) is 26.0. The number of benzene rings is 2. The highest BCUT2D eigenvalue weighted by molar-refractivity contribution is 7.99. The van der Waals surface area contributed by atoms with Crippen molar-refractivity contribution in [3.05, 3.63) is 71.4 Å². The Morgan fingerprint density at radius 1 is 0.717 bits per heavy atom. The normalized spacial score (nSPS) is 17.9. The summed E-state index contributed by atoms with van der Waals surface area (Å²) in [5, 5.41) is 60.5. The van der Waals surface area contributed by atoms with Gasteiger partial charge in [-0.25, -0.2) is 8.78 Å². The Balaban J connectivity index is 0.934. The van der Waals surface area contributed by atoms with Crippen LogP contribution in [0, 0.1) is 18.3 Å². The van der Waals surface area contributed by atoms with Crippen molar-refractivity contribution in [1.82, 2.24) is 60.6 Å². The summed E-state index contributed by atoms with van der Waals surface area (Å²) >= 11 is 2.62. The van der Waals surface area contributed by atoms with E-state index in [-0.39, 0.29) is 108 Å². The minimum absolute atomic E-state index is 0.0625. The predicted octanol–water partition coefficient (Wildman–Crippen LogP) is -0.0113. The van der Waals surface area contributed by atoms with E-state index in [0.29, 0.717) is 93.3 Å². The van der Waals surface area contributed by atoms with Crippen molar-refractivity contribution >= 4 is 87.8 Å². The van der Waals surface area contributed by atoms with Gasteiger partial charge in [-0.05, 0) is 56.0 Å². The van der Waals surface area contributed by atoms with Gasteiger partial charge in [0.25, 0.3) is 17.7 Å². The molecule has 3 aliphatic rings. The van der Waals surface area contributed by atoms with Gasteiger partial charge in [-0.15, -0.1) is 0 Å². The molecule has 8 N–H and O–H groups in total. The highest BCUT2D eigenvalue weighted by atomic mass is 32.2. The number of amides is 6. The van der Waals surface area contributed by atoms with E-state index in [1.807, 2.05) is 31.2 Å². The standard InChI is InChI=1S/C61H85F2N13O14S2/c1-43-6-8-44(9-7-43)4-2-5-52(78)66-14-30-91-40-50(69-53(79)36-71-17-19-72(37-55(81)82)21-23-74(39-57(85)86)24-22-73(20-18-71)38-56(83)84)59(88)67-15-31-92-41-51(77)60(89)75-27-25-70(26-28-75)16-3-29-90-46-10-11-49-48(32-46)47(12-13-65-49)58(87)68-35-54(80)76-42-61(62,63)33-45(76)34-64/h6-13,32,45,50-51,77H,2-5,14-31,33,35-42H2,1H3,(H,66,78)(H,67,88)(H,68,87)(H,69,79)(H,81,82)(H,83,84)(H,85,86)/t45-,50?,51-/m1/s1. The van der Waals surface area contributed by atoms with E-state index in [2.05, 4.69) is 31.2 Å². The van der Waals surface area contributed by atoms with E-state index in [4.69, 9.17) is 4.74 Å². The molecular formula is C61H85F2N13O14S2. The maximum Gasteiger partial charge on any atom is 0.317 e.